The first-order chi connectivity index (χ1) is 23.5. The summed E-state index contributed by atoms with van der Waals surface area (Å²) in [5, 5.41) is 20.3. The van der Waals surface area contributed by atoms with Crippen molar-refractivity contribution in [2.24, 2.45) is 9.98 Å². The lowest BCUT2D eigenvalue weighted by molar-refractivity contribution is -0.138. The van der Waals surface area contributed by atoms with Crippen molar-refractivity contribution in [1.82, 2.24) is 9.80 Å². The van der Waals surface area contributed by atoms with E-state index in [4.69, 9.17) is 9.73 Å². The fraction of sp³-hybridized carbons (Fsp3) is 0.297. The third kappa shape index (κ3) is 4.72. The maximum Gasteiger partial charge on any atom is 0.279 e. The number of likely N-dealkylation sites (N-methyl/N-ethyl adjacent to an activating group) is 2. The largest absolute Gasteiger partial charge is 0.482 e. The van der Waals surface area contributed by atoms with Crippen molar-refractivity contribution in [3.63, 3.8) is 0 Å². The summed E-state index contributed by atoms with van der Waals surface area (Å²) in [5.41, 5.74) is 4.42. The minimum Gasteiger partial charge on any atom is -0.482 e. The van der Waals surface area contributed by atoms with Gasteiger partial charge in [-0.15, -0.1) is 22.7 Å². The number of nitriles is 2. The van der Waals surface area contributed by atoms with Crippen molar-refractivity contribution in [3.05, 3.63) is 63.2 Å². The highest BCUT2D eigenvalue weighted by Crippen LogP contribution is 2.56. The van der Waals surface area contributed by atoms with E-state index in [9.17, 15) is 29.7 Å². The van der Waals surface area contributed by atoms with Crippen LogP contribution in [0.1, 0.15) is 58.2 Å². The molecule has 0 spiro atoms. The van der Waals surface area contributed by atoms with Gasteiger partial charge >= 0.3 is 0 Å². The molecule has 0 N–H and O–H groups in total. The predicted octanol–water partition coefficient (Wildman–Crippen LogP) is 6.43. The van der Waals surface area contributed by atoms with Gasteiger partial charge < -0.3 is 4.74 Å². The van der Waals surface area contributed by atoms with Gasteiger partial charge in [-0.3, -0.25) is 29.0 Å². The highest BCUT2D eigenvalue weighted by Gasteiger charge is 2.40. The maximum absolute atomic E-state index is 13.1. The molecular weight excluding hydrogens is 673 g/mol. The number of benzene rings is 1. The van der Waals surface area contributed by atoms with Crippen LogP contribution in [-0.2, 0) is 36.6 Å². The molecule has 5 heterocycles. The molecule has 1 aliphatic carbocycles. The third-order valence-electron chi connectivity index (χ3n) is 9.69. The van der Waals surface area contributed by atoms with Crippen LogP contribution in [0.25, 0.3) is 20.9 Å². The molecule has 0 saturated carbocycles. The molecule has 0 saturated heterocycles. The van der Waals surface area contributed by atoms with Gasteiger partial charge in [0.15, 0.2) is 0 Å². The first kappa shape index (κ1) is 33.0. The monoisotopic (exact) mass is 702 g/mol. The van der Waals surface area contributed by atoms with Crippen LogP contribution in [0.2, 0.25) is 0 Å². The van der Waals surface area contributed by atoms with Crippen LogP contribution in [-0.4, -0.2) is 58.9 Å². The standard InChI is InChI=1S/C37H30N6O5S2/c1-16-21(14-38)32(44)42(7)34(46)28(16)40-26-11-23-30(49-26)19-10-25-20(9-18(19)13-36(23,3)4)31-24(37(5,6)48-25)12-27(50-31)41-29-17(2)22(15-39)33(45)43(8)35(29)47/h9-12H,13H2,1-8H3. The molecule has 50 heavy (non-hydrogen) atoms. The van der Waals surface area contributed by atoms with Gasteiger partial charge in [-0.1, -0.05) is 13.8 Å². The van der Waals surface area contributed by atoms with Crippen LogP contribution in [0.4, 0.5) is 10.0 Å². The fourth-order valence-corrected chi connectivity index (χ4v) is 9.30. The summed E-state index contributed by atoms with van der Waals surface area (Å²) in [4.78, 5) is 64.3. The fourth-order valence-electron chi connectivity index (χ4n) is 6.82. The Morgan fingerprint density at radius 2 is 1.20 bits per heavy atom. The summed E-state index contributed by atoms with van der Waals surface area (Å²) in [5.74, 6) is -1.70. The number of aliphatic imine (C=N–C) groups is 2. The number of ether oxygens (including phenoxy) is 1. The lowest BCUT2D eigenvalue weighted by atomic mass is 9.72. The van der Waals surface area contributed by atoms with Gasteiger partial charge in [-0.2, -0.15) is 10.5 Å². The van der Waals surface area contributed by atoms with Crippen LogP contribution < -0.4 is 4.74 Å². The number of nitrogens with zero attached hydrogens (tertiary/aromatic N) is 6. The molecule has 250 valence electrons. The van der Waals surface area contributed by atoms with E-state index >= 15 is 0 Å². The zero-order valence-corrected chi connectivity index (χ0v) is 30.2. The Hall–Kier alpha value is -5.50. The second-order valence-electron chi connectivity index (χ2n) is 13.8. The topological polar surface area (TPSA) is 156 Å². The van der Waals surface area contributed by atoms with Crippen molar-refractivity contribution < 1.29 is 23.9 Å². The Bertz CT molecular complexity index is 2220. The molecule has 4 amide bonds. The number of hydrogen-bond donors (Lipinski definition) is 0. The lowest BCUT2D eigenvalue weighted by Crippen LogP contribution is -2.44. The summed E-state index contributed by atoms with van der Waals surface area (Å²) < 4.78 is 6.64. The maximum atomic E-state index is 13.1. The molecule has 11 nitrogen and oxygen atoms in total. The van der Waals surface area contributed by atoms with E-state index in [1.807, 2.05) is 38.1 Å². The average Bonchev–Trinajstić information content (AvgIpc) is 3.70. The molecular formula is C37H30N6O5S2. The summed E-state index contributed by atoms with van der Waals surface area (Å²) in [6.45, 7) is 11.4. The zero-order valence-electron chi connectivity index (χ0n) is 28.6. The summed E-state index contributed by atoms with van der Waals surface area (Å²) in [6, 6.07) is 11.9. The van der Waals surface area contributed by atoms with E-state index in [0.717, 1.165) is 53.8 Å². The van der Waals surface area contributed by atoms with Crippen LogP contribution in [0.3, 0.4) is 0 Å². The van der Waals surface area contributed by atoms with Crippen molar-refractivity contribution >= 4 is 67.7 Å². The molecule has 13 heteroatoms. The molecule has 4 aliphatic rings. The van der Waals surface area contributed by atoms with E-state index in [2.05, 4.69) is 31.0 Å². The normalized spacial score (nSPS) is 20.8. The predicted molar refractivity (Wildman–Crippen MR) is 190 cm³/mol. The van der Waals surface area contributed by atoms with E-state index in [1.54, 1.807) is 13.8 Å². The van der Waals surface area contributed by atoms with E-state index in [-0.39, 0.29) is 39.1 Å². The summed E-state index contributed by atoms with van der Waals surface area (Å²) >= 11 is 2.87. The molecule has 2 aromatic heterocycles. The minimum absolute atomic E-state index is 0.0562. The van der Waals surface area contributed by atoms with Gasteiger partial charge in [-0.25, -0.2) is 9.98 Å². The number of thiophene rings is 2. The second kappa shape index (κ2) is 11.0. The molecule has 0 unspecified atom stereocenters. The zero-order chi connectivity index (χ0) is 36.2. The highest BCUT2D eigenvalue weighted by molar-refractivity contribution is 7.20. The quantitative estimate of drug-likeness (QED) is 0.279. The Morgan fingerprint density at radius 1 is 0.720 bits per heavy atom. The van der Waals surface area contributed by atoms with Crippen molar-refractivity contribution in [2.75, 3.05) is 14.1 Å². The Balaban J connectivity index is 1.34. The lowest BCUT2D eigenvalue weighted by Gasteiger charge is -2.36. The Labute approximate surface area is 296 Å². The van der Waals surface area contributed by atoms with Crippen LogP contribution in [0.5, 0.6) is 5.75 Å². The number of carbonyl (C=O) groups is 4. The van der Waals surface area contributed by atoms with E-state index in [1.165, 1.54) is 36.8 Å². The number of fused-ring (bicyclic) bond motifs is 6. The molecule has 0 atom stereocenters. The van der Waals surface area contributed by atoms with Crippen LogP contribution in [0.15, 0.2) is 56.5 Å². The second-order valence-corrected chi connectivity index (χ2v) is 15.9. The highest BCUT2D eigenvalue weighted by atomic mass is 32.1. The van der Waals surface area contributed by atoms with E-state index < -0.39 is 29.2 Å². The first-order valence-electron chi connectivity index (χ1n) is 15.7. The Kier molecular flexibility index (Phi) is 7.27. The number of hydrogen-bond acceptors (Lipinski definition) is 11. The molecule has 3 aliphatic heterocycles. The number of amides is 4. The van der Waals surface area contributed by atoms with Gasteiger partial charge in [0.25, 0.3) is 23.6 Å². The van der Waals surface area contributed by atoms with Gasteiger partial charge in [0.2, 0.25) is 0 Å². The van der Waals surface area contributed by atoms with Gasteiger partial charge in [0.05, 0.1) is 0 Å². The van der Waals surface area contributed by atoms with Crippen LogP contribution in [0, 0.1) is 22.7 Å². The molecule has 0 bridgehead atoms. The Morgan fingerprint density at radius 3 is 1.70 bits per heavy atom. The SMILES string of the molecule is CC1=C(C#N)C(=O)N(C)C(=O)C1=Nc1cc2c(s1)-c1cc3c(cc1CC2(C)C)-c1sc(N=C2C(=O)N(C)C(=O)C(C#N)=C2C)cc1C(C)(C)O3. The molecule has 3 aromatic rings. The first-order valence-corrected chi connectivity index (χ1v) is 17.3. The van der Waals surface area contributed by atoms with Crippen LogP contribution >= 0.6 is 22.7 Å². The summed E-state index contributed by atoms with van der Waals surface area (Å²) in [7, 11) is 2.69. The number of carbonyl (C=O) groups excluding carboxylic acids is 4. The molecule has 1 aromatic carbocycles. The van der Waals surface area contributed by atoms with Gasteiger partial charge in [0, 0.05) is 46.1 Å². The number of imide groups is 2. The van der Waals surface area contributed by atoms with Crippen molar-refractivity contribution in [3.8, 4) is 38.8 Å². The van der Waals surface area contributed by atoms with Gasteiger partial charge in [-0.05, 0) is 80.5 Å². The summed E-state index contributed by atoms with van der Waals surface area (Å²) in [6.07, 6.45) is 0.720. The third-order valence-corrected chi connectivity index (χ3v) is 11.8. The smallest absolute Gasteiger partial charge is 0.279 e. The average molecular weight is 703 g/mol. The minimum atomic E-state index is -0.742. The van der Waals surface area contributed by atoms with Crippen molar-refractivity contribution in [2.45, 2.75) is 59.0 Å². The molecule has 0 fully saturated rings. The number of rotatable bonds is 2. The van der Waals surface area contributed by atoms with Gasteiger partial charge in [0.1, 0.15) is 56.1 Å². The van der Waals surface area contributed by atoms with E-state index in [0.29, 0.717) is 15.8 Å². The van der Waals surface area contributed by atoms with Crippen molar-refractivity contribution in [1.29, 1.82) is 10.5 Å². The molecule has 7 rings (SSSR count). The molecule has 0 radical (unpaired) electrons.